The predicted octanol–water partition coefficient (Wildman–Crippen LogP) is 6.78. The van der Waals surface area contributed by atoms with Crippen LogP contribution in [0.15, 0.2) is 30.5 Å². The normalized spacial score (nSPS) is 12.7. The molecular weight excluding hydrogens is 424 g/mol. The lowest BCUT2D eigenvalue weighted by molar-refractivity contribution is 0.0975. The van der Waals surface area contributed by atoms with Gasteiger partial charge in [-0.2, -0.15) is 0 Å². The smallest absolute Gasteiger partial charge is 0.192 e. The third-order valence-electron chi connectivity index (χ3n) is 4.94. The van der Waals surface area contributed by atoms with Crippen molar-refractivity contribution < 1.29 is 27.0 Å². The van der Waals surface area contributed by atoms with E-state index in [0.29, 0.717) is 11.2 Å². The first kappa shape index (κ1) is 22.0. The van der Waals surface area contributed by atoms with E-state index >= 15 is 0 Å². The van der Waals surface area contributed by atoms with Crippen LogP contribution in [-0.2, 0) is 6.42 Å². The van der Waals surface area contributed by atoms with Gasteiger partial charge in [0.15, 0.2) is 34.8 Å². The number of nitrogens with one attached hydrogen (secondary N) is 2. The Bertz CT molecular complexity index is 1320. The first-order valence-electron chi connectivity index (χ1n) is 10.2. The minimum Gasteiger partial charge on any atom is -0.485 e. The Kier molecular flexibility index (Phi) is 5.14. The van der Waals surface area contributed by atoms with Crippen molar-refractivity contribution in [2.45, 2.75) is 52.2 Å². The van der Waals surface area contributed by atoms with Gasteiger partial charge in [0, 0.05) is 41.2 Å². The highest BCUT2D eigenvalue weighted by molar-refractivity contribution is 5.84. The van der Waals surface area contributed by atoms with Crippen LogP contribution in [0.2, 0.25) is 0 Å². The van der Waals surface area contributed by atoms with Gasteiger partial charge in [0.05, 0.1) is 11.0 Å². The lowest BCUT2D eigenvalue weighted by Crippen LogP contribution is -2.32. The second-order valence-electron chi connectivity index (χ2n) is 9.45. The van der Waals surface area contributed by atoms with Crippen molar-refractivity contribution in [3.8, 4) is 11.5 Å². The average molecular weight is 448 g/mol. The van der Waals surface area contributed by atoms with Crippen molar-refractivity contribution in [1.82, 2.24) is 9.97 Å². The number of hydrogen-bond acceptors (Lipinski definition) is 2. The van der Waals surface area contributed by atoms with Crippen LogP contribution in [-0.4, -0.2) is 21.2 Å². The maximum atomic E-state index is 15.0. The van der Waals surface area contributed by atoms with Crippen LogP contribution in [0.4, 0.5) is 17.6 Å². The highest BCUT2D eigenvalue weighted by Crippen LogP contribution is 2.35. The van der Waals surface area contributed by atoms with Gasteiger partial charge in [0.25, 0.3) is 0 Å². The summed E-state index contributed by atoms with van der Waals surface area (Å²) in [6.07, 6.45) is 1.62. The van der Waals surface area contributed by atoms with E-state index in [1.165, 1.54) is 18.3 Å². The standard InChI is InChI=1S/C24H24F4N2O2/c1-23(2,3)31-18-10-15(25)21-14(19(18)27)8-12(30-21)11-24(4,5)32-22-16(26)9-17-13(20(22)28)6-7-29-17/h6-10,29-30H,11H2,1-5H3. The number of ether oxygens (including phenoxy) is 2. The summed E-state index contributed by atoms with van der Waals surface area (Å²) in [5, 5.41) is 0.236. The summed E-state index contributed by atoms with van der Waals surface area (Å²) in [6, 6.07) is 5.11. The van der Waals surface area contributed by atoms with Crippen LogP contribution in [0, 0.1) is 23.3 Å². The Labute approximate surface area is 182 Å². The fraction of sp³-hybridized carbons (Fsp3) is 0.333. The number of H-pyrrole nitrogens is 2. The van der Waals surface area contributed by atoms with Crippen molar-refractivity contribution in [2.75, 3.05) is 0 Å². The number of rotatable bonds is 5. The van der Waals surface area contributed by atoms with Crippen molar-refractivity contribution in [3.63, 3.8) is 0 Å². The SMILES string of the molecule is CC(C)(C)Oc1cc(F)c2[nH]c(CC(C)(C)Oc3c(F)cc4[nH]ccc4c3F)cc2c1F. The largest absolute Gasteiger partial charge is 0.485 e. The van der Waals surface area contributed by atoms with Gasteiger partial charge in [-0.05, 0) is 46.8 Å². The van der Waals surface area contributed by atoms with Gasteiger partial charge in [0.1, 0.15) is 11.2 Å². The molecule has 0 spiro atoms. The van der Waals surface area contributed by atoms with Gasteiger partial charge in [0.2, 0.25) is 0 Å². The zero-order valence-corrected chi connectivity index (χ0v) is 18.4. The molecule has 4 nitrogen and oxygen atoms in total. The molecule has 4 aromatic rings. The van der Waals surface area contributed by atoms with Crippen molar-refractivity contribution in [1.29, 1.82) is 0 Å². The van der Waals surface area contributed by atoms with Gasteiger partial charge < -0.3 is 19.4 Å². The lowest BCUT2D eigenvalue weighted by atomic mass is 10.0. The Morgan fingerprint density at radius 3 is 2.25 bits per heavy atom. The van der Waals surface area contributed by atoms with Crippen LogP contribution in [0.25, 0.3) is 21.8 Å². The fourth-order valence-corrected chi connectivity index (χ4v) is 3.73. The van der Waals surface area contributed by atoms with Crippen molar-refractivity contribution >= 4 is 21.8 Å². The molecule has 4 rings (SSSR count). The molecule has 0 radical (unpaired) electrons. The lowest BCUT2D eigenvalue weighted by Gasteiger charge is -2.26. The van der Waals surface area contributed by atoms with E-state index in [1.54, 1.807) is 34.6 Å². The summed E-state index contributed by atoms with van der Waals surface area (Å²) in [7, 11) is 0. The third-order valence-corrected chi connectivity index (χ3v) is 4.94. The third kappa shape index (κ3) is 4.13. The Balaban J connectivity index is 1.65. The van der Waals surface area contributed by atoms with Gasteiger partial charge in [-0.15, -0.1) is 0 Å². The number of fused-ring (bicyclic) bond motifs is 2. The van der Waals surface area contributed by atoms with Gasteiger partial charge >= 0.3 is 0 Å². The number of hydrogen-bond donors (Lipinski definition) is 2. The highest BCUT2D eigenvalue weighted by atomic mass is 19.1. The number of halogens is 4. The molecule has 0 saturated heterocycles. The molecule has 0 saturated carbocycles. The monoisotopic (exact) mass is 448 g/mol. The highest BCUT2D eigenvalue weighted by Gasteiger charge is 2.28. The van der Waals surface area contributed by atoms with Crippen LogP contribution < -0.4 is 9.47 Å². The molecule has 0 unspecified atom stereocenters. The molecule has 0 atom stereocenters. The summed E-state index contributed by atoms with van der Waals surface area (Å²) >= 11 is 0. The van der Waals surface area contributed by atoms with Crippen molar-refractivity contribution in [2.24, 2.45) is 0 Å². The molecule has 0 aliphatic heterocycles. The molecule has 0 fully saturated rings. The van der Waals surface area contributed by atoms with E-state index in [1.807, 2.05) is 0 Å². The first-order chi connectivity index (χ1) is 14.8. The van der Waals surface area contributed by atoms with Crippen LogP contribution in [0.5, 0.6) is 11.5 Å². The molecule has 32 heavy (non-hydrogen) atoms. The molecule has 0 aliphatic rings. The molecule has 0 bridgehead atoms. The predicted molar refractivity (Wildman–Crippen MR) is 115 cm³/mol. The molecular formula is C24H24F4N2O2. The summed E-state index contributed by atoms with van der Waals surface area (Å²) in [4.78, 5) is 5.60. The Morgan fingerprint density at radius 2 is 1.56 bits per heavy atom. The molecule has 170 valence electrons. The van der Waals surface area contributed by atoms with E-state index in [2.05, 4.69) is 9.97 Å². The summed E-state index contributed by atoms with van der Waals surface area (Å²) in [5.41, 5.74) is -1.05. The summed E-state index contributed by atoms with van der Waals surface area (Å²) < 4.78 is 70.0. The van der Waals surface area contributed by atoms with E-state index in [0.717, 1.165) is 12.1 Å². The Morgan fingerprint density at radius 1 is 0.844 bits per heavy atom. The molecule has 0 aliphatic carbocycles. The minimum atomic E-state index is -1.09. The quantitative estimate of drug-likeness (QED) is 0.331. The van der Waals surface area contributed by atoms with E-state index < -0.39 is 40.2 Å². The van der Waals surface area contributed by atoms with E-state index in [4.69, 9.17) is 9.47 Å². The van der Waals surface area contributed by atoms with Gasteiger partial charge in [-0.1, -0.05) is 0 Å². The maximum absolute atomic E-state index is 15.0. The number of aromatic amines is 2. The fourth-order valence-electron chi connectivity index (χ4n) is 3.73. The summed E-state index contributed by atoms with van der Waals surface area (Å²) in [5.74, 6) is -3.70. The molecule has 2 N–H and O–H groups in total. The Hall–Kier alpha value is -3.16. The van der Waals surface area contributed by atoms with Crippen LogP contribution >= 0.6 is 0 Å². The van der Waals surface area contributed by atoms with E-state index in [-0.39, 0.29) is 28.5 Å². The zero-order chi connectivity index (χ0) is 23.4. The summed E-state index contributed by atoms with van der Waals surface area (Å²) in [6.45, 7) is 8.49. The second kappa shape index (κ2) is 7.46. The topological polar surface area (TPSA) is 50.0 Å². The molecule has 2 aromatic heterocycles. The number of benzene rings is 2. The van der Waals surface area contributed by atoms with E-state index in [9.17, 15) is 17.6 Å². The second-order valence-corrected chi connectivity index (χ2v) is 9.45. The van der Waals surface area contributed by atoms with Crippen LogP contribution in [0.3, 0.4) is 0 Å². The molecule has 0 amide bonds. The average Bonchev–Trinajstić information content (AvgIpc) is 3.29. The maximum Gasteiger partial charge on any atom is 0.192 e. The molecule has 2 aromatic carbocycles. The molecule has 8 heteroatoms. The van der Waals surface area contributed by atoms with Gasteiger partial charge in [-0.25, -0.2) is 17.6 Å². The van der Waals surface area contributed by atoms with Crippen LogP contribution in [0.1, 0.15) is 40.3 Å². The first-order valence-corrected chi connectivity index (χ1v) is 10.2. The molecule has 2 heterocycles. The minimum absolute atomic E-state index is 0.0133. The van der Waals surface area contributed by atoms with Crippen molar-refractivity contribution in [3.05, 3.63) is 59.4 Å². The number of aromatic nitrogens is 2. The van der Waals surface area contributed by atoms with Gasteiger partial charge in [-0.3, -0.25) is 0 Å². The zero-order valence-electron chi connectivity index (χ0n) is 18.4.